The lowest BCUT2D eigenvalue weighted by Gasteiger charge is -2.33. The van der Waals surface area contributed by atoms with Gasteiger partial charge in [-0.3, -0.25) is 9.48 Å². The molecule has 1 unspecified atom stereocenters. The lowest BCUT2D eigenvalue weighted by atomic mass is 10.0. The van der Waals surface area contributed by atoms with Crippen LogP contribution >= 0.6 is 0 Å². The Bertz CT molecular complexity index is 1010. The second-order valence-corrected chi connectivity index (χ2v) is 9.78. The number of sulfonamides is 1. The van der Waals surface area contributed by atoms with Gasteiger partial charge in [0, 0.05) is 45.3 Å². The van der Waals surface area contributed by atoms with E-state index in [9.17, 15) is 13.2 Å². The Balaban J connectivity index is 1.56. The molecule has 0 radical (unpaired) electrons. The predicted molar refractivity (Wildman–Crippen MR) is 106 cm³/mol. The number of hydrogen-bond acceptors (Lipinski definition) is 6. The molecule has 0 bridgehead atoms. The fourth-order valence-corrected chi connectivity index (χ4v) is 5.30. The number of fused-ring (bicyclic) bond motifs is 1. The number of hydrogen-bond donors (Lipinski definition) is 0. The number of rotatable bonds is 3. The van der Waals surface area contributed by atoms with Crippen molar-refractivity contribution in [2.75, 3.05) is 25.9 Å². The van der Waals surface area contributed by atoms with Crippen LogP contribution in [0.25, 0.3) is 0 Å². The van der Waals surface area contributed by atoms with E-state index in [1.807, 2.05) is 18.5 Å². The summed E-state index contributed by atoms with van der Waals surface area (Å²) in [7, 11) is -1.50. The monoisotopic (exact) mass is 421 g/mol. The van der Waals surface area contributed by atoms with Gasteiger partial charge in [0.1, 0.15) is 5.82 Å². The number of amides is 1. The molecule has 158 valence electrons. The summed E-state index contributed by atoms with van der Waals surface area (Å²) < 4.78 is 29.8. The van der Waals surface area contributed by atoms with Crippen LogP contribution in [0.2, 0.25) is 0 Å². The Morgan fingerprint density at radius 3 is 2.62 bits per heavy atom. The molecule has 0 N–H and O–H groups in total. The molecule has 1 amide bonds. The molecule has 2 aromatic heterocycles. The zero-order valence-corrected chi connectivity index (χ0v) is 17.9. The maximum absolute atomic E-state index is 12.9. The van der Waals surface area contributed by atoms with Crippen LogP contribution in [0.3, 0.4) is 0 Å². The second kappa shape index (κ2) is 7.52. The van der Waals surface area contributed by atoms with Gasteiger partial charge in [0.2, 0.25) is 10.0 Å². The molecule has 0 saturated carbocycles. The normalized spacial score (nSPS) is 21.1. The Morgan fingerprint density at radius 1 is 1.14 bits per heavy atom. The molecular formula is C18H27N7O3S. The van der Waals surface area contributed by atoms with E-state index < -0.39 is 10.0 Å². The minimum atomic E-state index is -3.32. The van der Waals surface area contributed by atoms with E-state index in [1.165, 1.54) is 10.6 Å². The standard InChI is InChI=1S/C18H27N7O3S/c1-13-12-14(21-22(13)2)18(26)23-9-7-16-19-20-17(24(16)11-10-23)15-6-4-5-8-25(15)29(3,27)28/h12,15H,4-11H2,1-3H3. The average molecular weight is 422 g/mol. The van der Waals surface area contributed by atoms with E-state index in [4.69, 9.17) is 0 Å². The van der Waals surface area contributed by atoms with E-state index in [0.29, 0.717) is 44.1 Å². The maximum atomic E-state index is 12.9. The number of carbonyl (C=O) groups excluding carboxylic acids is 1. The van der Waals surface area contributed by atoms with E-state index >= 15 is 0 Å². The van der Waals surface area contributed by atoms with Crippen LogP contribution in [0.1, 0.15) is 53.1 Å². The van der Waals surface area contributed by atoms with Gasteiger partial charge in [-0.1, -0.05) is 6.42 Å². The molecule has 0 aromatic carbocycles. The fourth-order valence-electron chi connectivity index (χ4n) is 4.18. The van der Waals surface area contributed by atoms with Crippen molar-refractivity contribution >= 4 is 15.9 Å². The fraction of sp³-hybridized carbons (Fsp3) is 0.667. The molecule has 10 nitrogen and oxygen atoms in total. The van der Waals surface area contributed by atoms with Gasteiger partial charge in [0.05, 0.1) is 12.3 Å². The first-order chi connectivity index (χ1) is 13.8. The van der Waals surface area contributed by atoms with Crippen molar-refractivity contribution in [1.82, 2.24) is 33.8 Å². The van der Waals surface area contributed by atoms with Crippen molar-refractivity contribution < 1.29 is 13.2 Å². The molecule has 11 heteroatoms. The highest BCUT2D eigenvalue weighted by molar-refractivity contribution is 7.88. The maximum Gasteiger partial charge on any atom is 0.274 e. The van der Waals surface area contributed by atoms with Crippen LogP contribution in [-0.4, -0.2) is 74.0 Å². The summed E-state index contributed by atoms with van der Waals surface area (Å²) in [5.41, 5.74) is 1.37. The van der Waals surface area contributed by atoms with Crippen molar-refractivity contribution in [2.24, 2.45) is 7.05 Å². The summed E-state index contributed by atoms with van der Waals surface area (Å²) in [4.78, 5) is 14.7. The van der Waals surface area contributed by atoms with Crippen LogP contribution in [0.15, 0.2) is 6.07 Å². The second-order valence-electron chi connectivity index (χ2n) is 7.85. The highest BCUT2D eigenvalue weighted by Gasteiger charge is 2.35. The van der Waals surface area contributed by atoms with Gasteiger partial charge in [-0.05, 0) is 25.8 Å². The van der Waals surface area contributed by atoms with Crippen molar-refractivity contribution in [1.29, 1.82) is 0 Å². The number of nitrogens with zero attached hydrogens (tertiary/aromatic N) is 7. The predicted octanol–water partition coefficient (Wildman–Crippen LogP) is 0.505. The van der Waals surface area contributed by atoms with E-state index in [1.54, 1.807) is 15.6 Å². The molecule has 29 heavy (non-hydrogen) atoms. The van der Waals surface area contributed by atoms with E-state index in [0.717, 1.165) is 30.8 Å². The molecule has 2 aromatic rings. The van der Waals surface area contributed by atoms with Crippen LogP contribution in [-0.2, 0) is 30.0 Å². The summed E-state index contributed by atoms with van der Waals surface area (Å²) >= 11 is 0. The van der Waals surface area contributed by atoms with E-state index in [2.05, 4.69) is 15.3 Å². The molecule has 1 fully saturated rings. The molecular weight excluding hydrogens is 394 g/mol. The van der Waals surface area contributed by atoms with Gasteiger partial charge in [-0.15, -0.1) is 10.2 Å². The zero-order chi connectivity index (χ0) is 20.8. The molecule has 1 atom stereocenters. The third kappa shape index (κ3) is 3.80. The molecule has 2 aliphatic rings. The van der Waals surface area contributed by atoms with Gasteiger partial charge in [-0.2, -0.15) is 9.40 Å². The van der Waals surface area contributed by atoms with Crippen LogP contribution in [0.4, 0.5) is 0 Å². The lowest BCUT2D eigenvalue weighted by molar-refractivity contribution is 0.0751. The van der Waals surface area contributed by atoms with Gasteiger partial charge in [0.25, 0.3) is 5.91 Å². The smallest absolute Gasteiger partial charge is 0.274 e. The van der Waals surface area contributed by atoms with Crippen molar-refractivity contribution in [3.05, 3.63) is 29.1 Å². The number of carbonyl (C=O) groups is 1. The Labute approximate surface area is 170 Å². The van der Waals surface area contributed by atoms with Gasteiger partial charge >= 0.3 is 0 Å². The van der Waals surface area contributed by atoms with Crippen LogP contribution < -0.4 is 0 Å². The average Bonchev–Trinajstić information content (AvgIpc) is 3.16. The summed E-state index contributed by atoms with van der Waals surface area (Å²) in [6, 6.07) is 1.51. The topological polar surface area (TPSA) is 106 Å². The van der Waals surface area contributed by atoms with Gasteiger partial charge in [0.15, 0.2) is 11.5 Å². The minimum Gasteiger partial charge on any atom is -0.335 e. The Kier molecular flexibility index (Phi) is 5.19. The van der Waals surface area contributed by atoms with Crippen molar-refractivity contribution in [3.63, 3.8) is 0 Å². The van der Waals surface area contributed by atoms with Crippen LogP contribution in [0.5, 0.6) is 0 Å². The van der Waals surface area contributed by atoms with Gasteiger partial charge < -0.3 is 9.47 Å². The molecule has 4 rings (SSSR count). The third-order valence-electron chi connectivity index (χ3n) is 5.85. The molecule has 0 aliphatic carbocycles. The molecule has 0 spiro atoms. The number of piperidine rings is 1. The molecule has 1 saturated heterocycles. The molecule has 2 aliphatic heterocycles. The van der Waals surface area contributed by atoms with Gasteiger partial charge in [-0.25, -0.2) is 8.42 Å². The highest BCUT2D eigenvalue weighted by atomic mass is 32.2. The summed E-state index contributed by atoms with van der Waals surface area (Å²) in [5.74, 6) is 1.39. The van der Waals surface area contributed by atoms with E-state index in [-0.39, 0.29) is 11.9 Å². The first-order valence-corrected chi connectivity index (χ1v) is 11.8. The summed E-state index contributed by atoms with van der Waals surface area (Å²) in [6.45, 7) is 4.02. The number of aryl methyl sites for hydroxylation is 2. The van der Waals surface area contributed by atoms with Crippen LogP contribution in [0, 0.1) is 6.92 Å². The summed E-state index contributed by atoms with van der Waals surface area (Å²) in [5, 5.41) is 13.0. The first kappa shape index (κ1) is 20.0. The number of aromatic nitrogens is 5. The minimum absolute atomic E-state index is 0.0932. The van der Waals surface area contributed by atoms with Crippen molar-refractivity contribution in [2.45, 2.75) is 45.2 Å². The quantitative estimate of drug-likeness (QED) is 0.715. The third-order valence-corrected chi connectivity index (χ3v) is 7.14. The molecule has 4 heterocycles. The SMILES string of the molecule is Cc1cc(C(=O)N2CCc3nnc(C4CCCCN4S(C)(=O)=O)n3CC2)nn1C. The largest absolute Gasteiger partial charge is 0.335 e. The summed E-state index contributed by atoms with van der Waals surface area (Å²) in [6.07, 6.45) is 4.39. The Morgan fingerprint density at radius 2 is 1.93 bits per heavy atom. The zero-order valence-electron chi connectivity index (χ0n) is 17.1. The highest BCUT2D eigenvalue weighted by Crippen LogP contribution is 2.32. The van der Waals surface area contributed by atoms with Crippen molar-refractivity contribution in [3.8, 4) is 0 Å². The lowest BCUT2D eigenvalue weighted by Crippen LogP contribution is -2.39. The first-order valence-electron chi connectivity index (χ1n) is 9.94. The Hall–Kier alpha value is -2.27.